The molecule has 1 aliphatic heterocycles. The summed E-state index contributed by atoms with van der Waals surface area (Å²) in [5, 5.41) is 4.35. The summed E-state index contributed by atoms with van der Waals surface area (Å²) in [5.41, 5.74) is 2.95. The van der Waals surface area contributed by atoms with Gasteiger partial charge in [0.1, 0.15) is 0 Å². The second-order valence-corrected chi connectivity index (χ2v) is 8.12. The first kappa shape index (κ1) is 15.7. The van der Waals surface area contributed by atoms with Crippen molar-refractivity contribution in [2.75, 3.05) is 18.0 Å². The van der Waals surface area contributed by atoms with E-state index in [1.807, 2.05) is 0 Å². The van der Waals surface area contributed by atoms with Gasteiger partial charge in [0.25, 0.3) is 0 Å². The van der Waals surface area contributed by atoms with Crippen LogP contribution in [-0.4, -0.2) is 18.6 Å². The maximum absolute atomic E-state index is 6.44. The van der Waals surface area contributed by atoms with Crippen LogP contribution in [0.4, 0.5) is 5.69 Å². The van der Waals surface area contributed by atoms with Crippen LogP contribution < -0.4 is 10.2 Å². The fraction of sp³-hybridized carbons (Fsp3) is 0.647. The van der Waals surface area contributed by atoms with E-state index in [2.05, 4.69) is 63.0 Å². The highest BCUT2D eigenvalue weighted by Gasteiger charge is 2.29. The molecule has 1 aliphatic rings. The van der Waals surface area contributed by atoms with Crippen LogP contribution in [-0.2, 0) is 6.54 Å². The lowest BCUT2D eigenvalue weighted by Crippen LogP contribution is -2.35. The molecule has 0 unspecified atom stereocenters. The maximum Gasteiger partial charge on any atom is 0.0471 e. The minimum absolute atomic E-state index is 0.112. The van der Waals surface area contributed by atoms with Crippen LogP contribution >= 0.6 is 11.6 Å². The van der Waals surface area contributed by atoms with E-state index in [1.165, 1.54) is 17.7 Å². The molecule has 2 nitrogen and oxygen atoms in total. The van der Waals surface area contributed by atoms with Gasteiger partial charge in [-0.1, -0.05) is 31.5 Å². The molecular formula is C17H27ClN2. The van der Waals surface area contributed by atoms with Crippen LogP contribution in [0, 0.1) is 5.41 Å². The van der Waals surface area contributed by atoms with Crippen molar-refractivity contribution in [3.05, 3.63) is 28.8 Å². The summed E-state index contributed by atoms with van der Waals surface area (Å²) in [6, 6.07) is 6.47. The number of nitrogens with zero attached hydrogens (tertiary/aromatic N) is 1. The maximum atomic E-state index is 6.44. The summed E-state index contributed by atoms with van der Waals surface area (Å²) in [4.78, 5) is 2.44. The Morgan fingerprint density at radius 1 is 1.30 bits per heavy atom. The third-order valence-electron chi connectivity index (χ3n) is 3.89. The molecule has 1 aromatic rings. The summed E-state index contributed by atoms with van der Waals surface area (Å²) < 4.78 is 0. The lowest BCUT2D eigenvalue weighted by molar-refractivity contribution is 0.418. The van der Waals surface area contributed by atoms with Crippen molar-refractivity contribution >= 4 is 17.3 Å². The highest BCUT2D eigenvalue weighted by atomic mass is 35.5. The number of nitrogens with one attached hydrogen (secondary N) is 1. The molecule has 1 fully saturated rings. The second kappa shape index (κ2) is 5.57. The average Bonchev–Trinajstić information content (AvgIpc) is 2.67. The van der Waals surface area contributed by atoms with Crippen LogP contribution in [0.5, 0.6) is 0 Å². The van der Waals surface area contributed by atoms with E-state index in [4.69, 9.17) is 11.6 Å². The Bertz CT molecular complexity index is 474. The fourth-order valence-electron chi connectivity index (χ4n) is 2.57. The van der Waals surface area contributed by atoms with Crippen molar-refractivity contribution in [3.8, 4) is 0 Å². The van der Waals surface area contributed by atoms with E-state index in [9.17, 15) is 0 Å². The molecule has 0 radical (unpaired) electrons. The Labute approximate surface area is 128 Å². The van der Waals surface area contributed by atoms with E-state index >= 15 is 0 Å². The lowest BCUT2D eigenvalue weighted by Gasteiger charge is -2.23. The SMILES string of the molecule is CC1(C)CCN(c2ccc(CNC(C)(C)C)c(Cl)c2)C1. The van der Waals surface area contributed by atoms with Gasteiger partial charge in [0.2, 0.25) is 0 Å². The van der Waals surface area contributed by atoms with Crippen molar-refractivity contribution in [2.24, 2.45) is 5.41 Å². The van der Waals surface area contributed by atoms with E-state index in [-0.39, 0.29) is 5.54 Å². The third-order valence-corrected chi connectivity index (χ3v) is 4.24. The number of hydrogen-bond donors (Lipinski definition) is 1. The lowest BCUT2D eigenvalue weighted by atomic mass is 9.93. The van der Waals surface area contributed by atoms with Crippen LogP contribution in [0.1, 0.15) is 46.6 Å². The van der Waals surface area contributed by atoms with Crippen LogP contribution in [0.15, 0.2) is 18.2 Å². The molecule has 0 spiro atoms. The number of hydrogen-bond acceptors (Lipinski definition) is 2. The summed E-state index contributed by atoms with van der Waals surface area (Å²) in [5.74, 6) is 0. The molecule has 0 atom stereocenters. The first-order chi connectivity index (χ1) is 9.16. The van der Waals surface area contributed by atoms with Gasteiger partial charge in [0.05, 0.1) is 0 Å². The highest BCUT2D eigenvalue weighted by molar-refractivity contribution is 6.31. The fourth-order valence-corrected chi connectivity index (χ4v) is 2.81. The van der Waals surface area contributed by atoms with Gasteiger partial charge < -0.3 is 10.2 Å². The normalized spacial score (nSPS) is 18.6. The molecule has 0 amide bonds. The van der Waals surface area contributed by atoms with Gasteiger partial charge in [-0.25, -0.2) is 0 Å². The second-order valence-electron chi connectivity index (χ2n) is 7.72. The van der Waals surface area contributed by atoms with Crippen molar-refractivity contribution in [1.29, 1.82) is 0 Å². The molecule has 1 aromatic carbocycles. The van der Waals surface area contributed by atoms with E-state index < -0.39 is 0 Å². The zero-order valence-electron chi connectivity index (χ0n) is 13.4. The standard InChI is InChI=1S/C17H27ClN2/c1-16(2,3)19-11-13-6-7-14(10-15(13)18)20-9-8-17(4,5)12-20/h6-7,10,19H,8-9,11-12H2,1-5H3. The van der Waals surface area contributed by atoms with Crippen molar-refractivity contribution < 1.29 is 0 Å². The summed E-state index contributed by atoms with van der Waals surface area (Å²) in [6.07, 6.45) is 1.25. The van der Waals surface area contributed by atoms with Crippen molar-refractivity contribution in [2.45, 2.75) is 53.1 Å². The monoisotopic (exact) mass is 294 g/mol. The molecule has 1 heterocycles. The molecule has 1 saturated heterocycles. The predicted molar refractivity (Wildman–Crippen MR) is 88.7 cm³/mol. The molecule has 1 N–H and O–H groups in total. The molecule has 112 valence electrons. The van der Waals surface area contributed by atoms with Gasteiger partial charge in [0, 0.05) is 35.9 Å². The molecule has 0 aromatic heterocycles. The van der Waals surface area contributed by atoms with Crippen LogP contribution in [0.2, 0.25) is 5.02 Å². The Morgan fingerprint density at radius 3 is 2.50 bits per heavy atom. The van der Waals surface area contributed by atoms with Crippen molar-refractivity contribution in [1.82, 2.24) is 5.32 Å². The average molecular weight is 295 g/mol. The zero-order chi connectivity index (χ0) is 15.0. The van der Waals surface area contributed by atoms with Gasteiger partial charge in [-0.3, -0.25) is 0 Å². The molecule has 3 heteroatoms. The van der Waals surface area contributed by atoms with Gasteiger partial charge in [0.15, 0.2) is 0 Å². The quantitative estimate of drug-likeness (QED) is 0.885. The summed E-state index contributed by atoms with van der Waals surface area (Å²) in [6.45, 7) is 14.2. The molecule has 0 bridgehead atoms. The van der Waals surface area contributed by atoms with E-state index in [0.717, 1.165) is 24.7 Å². The van der Waals surface area contributed by atoms with Crippen LogP contribution in [0.3, 0.4) is 0 Å². The minimum Gasteiger partial charge on any atom is -0.371 e. The molecule has 0 saturated carbocycles. The Morgan fingerprint density at radius 2 is 2.00 bits per heavy atom. The molecular weight excluding hydrogens is 268 g/mol. The number of halogens is 1. The Balaban J connectivity index is 2.06. The van der Waals surface area contributed by atoms with Gasteiger partial charge >= 0.3 is 0 Å². The van der Waals surface area contributed by atoms with Gasteiger partial charge in [-0.15, -0.1) is 0 Å². The van der Waals surface area contributed by atoms with Crippen LogP contribution in [0.25, 0.3) is 0 Å². The number of rotatable bonds is 3. The molecule has 0 aliphatic carbocycles. The van der Waals surface area contributed by atoms with Gasteiger partial charge in [-0.05, 0) is 50.3 Å². The number of anilines is 1. The topological polar surface area (TPSA) is 15.3 Å². The van der Waals surface area contributed by atoms with Crippen molar-refractivity contribution in [3.63, 3.8) is 0 Å². The Hall–Kier alpha value is -0.730. The predicted octanol–water partition coefficient (Wildman–Crippen LogP) is 4.46. The summed E-state index contributed by atoms with van der Waals surface area (Å²) in [7, 11) is 0. The minimum atomic E-state index is 0.112. The molecule has 2 rings (SSSR count). The van der Waals surface area contributed by atoms with E-state index in [1.54, 1.807) is 0 Å². The number of benzene rings is 1. The smallest absolute Gasteiger partial charge is 0.0471 e. The van der Waals surface area contributed by atoms with Gasteiger partial charge in [-0.2, -0.15) is 0 Å². The first-order valence-electron chi connectivity index (χ1n) is 7.45. The summed E-state index contributed by atoms with van der Waals surface area (Å²) >= 11 is 6.44. The first-order valence-corrected chi connectivity index (χ1v) is 7.83. The highest BCUT2D eigenvalue weighted by Crippen LogP contribution is 2.34. The zero-order valence-corrected chi connectivity index (χ0v) is 14.1. The Kier molecular flexibility index (Phi) is 4.36. The molecule has 20 heavy (non-hydrogen) atoms. The van der Waals surface area contributed by atoms with E-state index in [0.29, 0.717) is 5.41 Å². The third kappa shape index (κ3) is 4.13. The largest absolute Gasteiger partial charge is 0.371 e.